The summed E-state index contributed by atoms with van der Waals surface area (Å²) >= 11 is 1.73. The Morgan fingerprint density at radius 3 is 2.53 bits per heavy atom. The first-order valence-corrected chi connectivity index (χ1v) is 6.59. The minimum absolute atomic E-state index is 0.821. The number of hydrogen-bond donors (Lipinski definition) is 1. The van der Waals surface area contributed by atoms with Gasteiger partial charge in [-0.1, -0.05) is 0 Å². The molecule has 90 valence electrons. The first-order valence-electron chi connectivity index (χ1n) is 5.77. The second kappa shape index (κ2) is 4.84. The van der Waals surface area contributed by atoms with E-state index in [1.54, 1.807) is 11.3 Å². The molecule has 0 aromatic carbocycles. The van der Waals surface area contributed by atoms with Crippen LogP contribution in [-0.2, 0) is 0 Å². The Morgan fingerprint density at radius 1 is 1.18 bits per heavy atom. The Labute approximate surface area is 106 Å². The molecule has 0 aliphatic rings. The Kier molecular flexibility index (Phi) is 3.43. The molecule has 2 heterocycles. The average molecular weight is 247 g/mol. The monoisotopic (exact) mass is 247 g/mol. The molecule has 4 heteroatoms. The number of hydrogen-bond acceptors (Lipinski definition) is 4. The van der Waals surface area contributed by atoms with Crippen molar-refractivity contribution in [1.29, 1.82) is 0 Å². The van der Waals surface area contributed by atoms with Gasteiger partial charge in [0.05, 0.1) is 4.88 Å². The molecule has 0 amide bonds. The van der Waals surface area contributed by atoms with E-state index in [0.717, 1.165) is 34.3 Å². The number of aryl methyl sites for hydroxylation is 2. The highest BCUT2D eigenvalue weighted by Gasteiger charge is 2.10. The van der Waals surface area contributed by atoms with Gasteiger partial charge in [-0.15, -0.1) is 11.3 Å². The van der Waals surface area contributed by atoms with Crippen LogP contribution in [0.15, 0.2) is 12.1 Å². The lowest BCUT2D eigenvalue weighted by atomic mass is 10.2. The number of aromatic nitrogens is 2. The van der Waals surface area contributed by atoms with E-state index in [1.807, 2.05) is 6.92 Å². The first-order chi connectivity index (χ1) is 8.11. The molecule has 0 fully saturated rings. The van der Waals surface area contributed by atoms with Crippen molar-refractivity contribution in [2.45, 2.75) is 27.7 Å². The Morgan fingerprint density at radius 2 is 1.94 bits per heavy atom. The van der Waals surface area contributed by atoms with E-state index in [1.165, 1.54) is 4.88 Å². The van der Waals surface area contributed by atoms with Crippen LogP contribution in [0.1, 0.15) is 23.1 Å². The molecule has 2 rings (SSSR count). The van der Waals surface area contributed by atoms with Gasteiger partial charge in [0.2, 0.25) is 0 Å². The molecule has 0 atom stereocenters. The lowest BCUT2D eigenvalue weighted by molar-refractivity contribution is 1.05. The number of nitrogens with one attached hydrogen (secondary N) is 1. The van der Waals surface area contributed by atoms with Crippen molar-refractivity contribution in [1.82, 2.24) is 9.97 Å². The van der Waals surface area contributed by atoms with Crippen molar-refractivity contribution in [3.63, 3.8) is 0 Å². The molecule has 17 heavy (non-hydrogen) atoms. The van der Waals surface area contributed by atoms with E-state index in [-0.39, 0.29) is 0 Å². The van der Waals surface area contributed by atoms with Gasteiger partial charge in [0.1, 0.15) is 5.82 Å². The molecule has 0 radical (unpaired) electrons. The summed E-state index contributed by atoms with van der Waals surface area (Å²) in [6, 6.07) is 4.19. The maximum atomic E-state index is 4.59. The third-order valence-corrected chi connectivity index (χ3v) is 3.69. The first kappa shape index (κ1) is 12.0. The van der Waals surface area contributed by atoms with Crippen molar-refractivity contribution in [2.24, 2.45) is 0 Å². The van der Waals surface area contributed by atoms with Crippen LogP contribution in [-0.4, -0.2) is 16.5 Å². The fourth-order valence-electron chi connectivity index (χ4n) is 1.63. The molecule has 2 aromatic rings. The molecule has 1 N–H and O–H groups in total. The van der Waals surface area contributed by atoms with E-state index in [9.17, 15) is 0 Å². The zero-order chi connectivity index (χ0) is 12.4. The molecular weight excluding hydrogens is 230 g/mol. The highest BCUT2D eigenvalue weighted by molar-refractivity contribution is 7.15. The van der Waals surface area contributed by atoms with Crippen LogP contribution < -0.4 is 5.32 Å². The normalized spacial score (nSPS) is 10.6. The van der Waals surface area contributed by atoms with E-state index in [0.29, 0.717) is 0 Å². The minimum atomic E-state index is 0.821. The lowest BCUT2D eigenvalue weighted by Gasteiger charge is -2.10. The molecule has 3 nitrogen and oxygen atoms in total. The summed E-state index contributed by atoms with van der Waals surface area (Å²) in [5.41, 5.74) is 2.17. The summed E-state index contributed by atoms with van der Waals surface area (Å²) in [5, 5.41) is 3.29. The third kappa shape index (κ3) is 2.47. The summed E-state index contributed by atoms with van der Waals surface area (Å²) < 4.78 is 0. The fourth-order valence-corrected chi connectivity index (χ4v) is 2.43. The third-order valence-electron chi connectivity index (χ3n) is 2.69. The van der Waals surface area contributed by atoms with Crippen molar-refractivity contribution >= 4 is 17.2 Å². The van der Waals surface area contributed by atoms with Crippen molar-refractivity contribution in [3.8, 4) is 10.7 Å². The van der Waals surface area contributed by atoms with E-state index in [4.69, 9.17) is 0 Å². The maximum Gasteiger partial charge on any atom is 0.171 e. The number of thiophene rings is 1. The van der Waals surface area contributed by atoms with Gasteiger partial charge in [0.15, 0.2) is 5.82 Å². The van der Waals surface area contributed by atoms with Gasteiger partial charge >= 0.3 is 0 Å². The van der Waals surface area contributed by atoms with Crippen molar-refractivity contribution in [2.75, 3.05) is 11.9 Å². The van der Waals surface area contributed by atoms with Crippen LogP contribution in [0, 0.1) is 20.8 Å². The molecule has 0 unspecified atom stereocenters. The second-order valence-electron chi connectivity index (χ2n) is 4.05. The predicted octanol–water partition coefficient (Wildman–Crippen LogP) is 3.56. The van der Waals surface area contributed by atoms with Crippen LogP contribution in [0.4, 0.5) is 5.82 Å². The zero-order valence-corrected chi connectivity index (χ0v) is 11.5. The van der Waals surface area contributed by atoms with Crippen molar-refractivity contribution in [3.05, 3.63) is 28.3 Å². The van der Waals surface area contributed by atoms with E-state index >= 15 is 0 Å². The molecule has 2 aromatic heterocycles. The van der Waals surface area contributed by atoms with Gasteiger partial charge in [-0.25, -0.2) is 9.97 Å². The molecular formula is C13H17N3S. The number of anilines is 1. The maximum absolute atomic E-state index is 4.59. The molecule has 0 spiro atoms. The van der Waals surface area contributed by atoms with Gasteiger partial charge in [-0.2, -0.15) is 0 Å². The fraction of sp³-hybridized carbons (Fsp3) is 0.385. The zero-order valence-electron chi connectivity index (χ0n) is 10.7. The summed E-state index contributed by atoms with van der Waals surface area (Å²) in [6.45, 7) is 9.13. The molecule has 0 saturated heterocycles. The van der Waals surface area contributed by atoms with E-state index in [2.05, 4.69) is 48.2 Å². The van der Waals surface area contributed by atoms with Crippen LogP contribution in [0.3, 0.4) is 0 Å². The van der Waals surface area contributed by atoms with E-state index < -0.39 is 0 Å². The Bertz CT molecular complexity index is 531. The van der Waals surface area contributed by atoms with Gasteiger partial charge in [-0.05, 0) is 39.8 Å². The van der Waals surface area contributed by atoms with Crippen LogP contribution >= 0.6 is 11.3 Å². The van der Waals surface area contributed by atoms with Crippen LogP contribution in [0.5, 0.6) is 0 Å². The smallest absolute Gasteiger partial charge is 0.171 e. The molecule has 0 saturated carbocycles. The number of rotatable bonds is 3. The highest BCUT2D eigenvalue weighted by Crippen LogP contribution is 2.27. The Hall–Kier alpha value is -1.42. The predicted molar refractivity (Wildman–Crippen MR) is 73.7 cm³/mol. The number of nitrogens with zero attached hydrogens (tertiary/aromatic N) is 2. The molecule has 0 aliphatic carbocycles. The van der Waals surface area contributed by atoms with Gasteiger partial charge in [-0.3, -0.25) is 0 Å². The SMILES string of the molecule is CCNc1nc(-c2ccc(C)s2)nc(C)c1C. The average Bonchev–Trinajstić information content (AvgIpc) is 2.71. The van der Waals surface area contributed by atoms with Crippen molar-refractivity contribution < 1.29 is 0 Å². The molecule has 0 bridgehead atoms. The lowest BCUT2D eigenvalue weighted by Crippen LogP contribution is -2.05. The minimum Gasteiger partial charge on any atom is -0.370 e. The summed E-state index contributed by atoms with van der Waals surface area (Å²) in [4.78, 5) is 11.6. The quantitative estimate of drug-likeness (QED) is 0.901. The second-order valence-corrected chi connectivity index (χ2v) is 5.33. The molecule has 0 aliphatic heterocycles. The summed E-state index contributed by atoms with van der Waals surface area (Å²) in [7, 11) is 0. The largest absolute Gasteiger partial charge is 0.370 e. The summed E-state index contributed by atoms with van der Waals surface area (Å²) in [6.07, 6.45) is 0. The van der Waals surface area contributed by atoms with Crippen LogP contribution in [0.25, 0.3) is 10.7 Å². The highest BCUT2D eigenvalue weighted by atomic mass is 32.1. The van der Waals surface area contributed by atoms with Gasteiger partial charge in [0, 0.05) is 22.7 Å². The van der Waals surface area contributed by atoms with Gasteiger partial charge in [0.25, 0.3) is 0 Å². The Balaban J connectivity index is 2.48. The summed E-state index contributed by atoms with van der Waals surface area (Å²) in [5.74, 6) is 1.77. The van der Waals surface area contributed by atoms with Crippen LogP contribution in [0.2, 0.25) is 0 Å². The van der Waals surface area contributed by atoms with Gasteiger partial charge < -0.3 is 5.32 Å². The standard InChI is InChI=1S/C13H17N3S/c1-5-14-12-9(3)10(4)15-13(16-12)11-7-6-8(2)17-11/h6-7H,5H2,1-4H3,(H,14,15,16). The topological polar surface area (TPSA) is 37.8 Å².